The first-order valence-corrected chi connectivity index (χ1v) is 6.18. The summed E-state index contributed by atoms with van der Waals surface area (Å²) in [4.78, 5) is 10.1. The van der Waals surface area contributed by atoms with Crippen LogP contribution in [-0.4, -0.2) is 24.1 Å². The Morgan fingerprint density at radius 3 is 2.50 bits per heavy atom. The third-order valence-electron chi connectivity index (χ3n) is 2.41. The van der Waals surface area contributed by atoms with Gasteiger partial charge >= 0.3 is 0 Å². The van der Waals surface area contributed by atoms with Gasteiger partial charge in [0.1, 0.15) is 5.82 Å². The Hall–Kier alpha value is -1.82. The highest BCUT2D eigenvalue weighted by atomic mass is 79.9. The van der Waals surface area contributed by atoms with Gasteiger partial charge in [-0.25, -0.2) is 4.98 Å². The van der Waals surface area contributed by atoms with Gasteiger partial charge in [0, 0.05) is 31.7 Å². The maximum absolute atomic E-state index is 5.56. The molecule has 0 bridgehead atoms. The van der Waals surface area contributed by atoms with Crippen LogP contribution in [0.25, 0.3) is 0 Å². The van der Waals surface area contributed by atoms with E-state index in [1.807, 2.05) is 43.3 Å². The maximum atomic E-state index is 5.56. The molecule has 0 saturated heterocycles. The van der Waals surface area contributed by atoms with Gasteiger partial charge in [0.2, 0.25) is 5.95 Å². The van der Waals surface area contributed by atoms with E-state index < -0.39 is 0 Å². The molecule has 0 fully saturated rings. The van der Waals surface area contributed by atoms with E-state index >= 15 is 0 Å². The number of nitrogens with two attached hydrogens (primary N) is 1. The summed E-state index contributed by atoms with van der Waals surface area (Å²) < 4.78 is 0.772. The summed E-state index contributed by atoms with van der Waals surface area (Å²) >= 11 is 3.37. The third kappa shape index (κ3) is 2.89. The lowest BCUT2D eigenvalue weighted by atomic mass is 10.2. The molecule has 18 heavy (non-hydrogen) atoms. The molecule has 1 aromatic heterocycles. The van der Waals surface area contributed by atoms with Gasteiger partial charge in [0.25, 0.3) is 0 Å². The Balaban J connectivity index is 2.21. The number of nitrogens with zero attached hydrogens (tertiary/aromatic N) is 3. The van der Waals surface area contributed by atoms with Gasteiger partial charge in [0.05, 0.1) is 4.47 Å². The fourth-order valence-electron chi connectivity index (χ4n) is 1.45. The molecule has 0 atom stereocenters. The van der Waals surface area contributed by atoms with E-state index in [4.69, 9.17) is 5.73 Å². The van der Waals surface area contributed by atoms with Crippen molar-refractivity contribution in [1.29, 1.82) is 0 Å². The van der Waals surface area contributed by atoms with Crippen molar-refractivity contribution in [2.75, 3.05) is 30.0 Å². The van der Waals surface area contributed by atoms with Gasteiger partial charge in [-0.15, -0.1) is 0 Å². The summed E-state index contributed by atoms with van der Waals surface area (Å²) in [6.45, 7) is 0. The SMILES string of the molecule is CN(C)c1ccc(Nc2nc(N)ncc2Br)cc1. The summed E-state index contributed by atoms with van der Waals surface area (Å²) in [7, 11) is 4.01. The Morgan fingerprint density at radius 2 is 1.89 bits per heavy atom. The molecule has 94 valence electrons. The van der Waals surface area contributed by atoms with E-state index in [2.05, 4.69) is 31.2 Å². The molecule has 0 saturated carbocycles. The quantitative estimate of drug-likeness (QED) is 0.912. The minimum atomic E-state index is 0.241. The van der Waals surface area contributed by atoms with Crippen LogP contribution < -0.4 is 16.0 Å². The number of hydrogen-bond acceptors (Lipinski definition) is 5. The summed E-state index contributed by atoms with van der Waals surface area (Å²) in [6.07, 6.45) is 1.62. The van der Waals surface area contributed by atoms with Gasteiger partial charge in [-0.05, 0) is 40.2 Å². The third-order valence-corrected chi connectivity index (χ3v) is 2.99. The summed E-state index contributed by atoms with van der Waals surface area (Å²) in [6, 6.07) is 8.03. The van der Waals surface area contributed by atoms with Gasteiger partial charge in [-0.3, -0.25) is 0 Å². The van der Waals surface area contributed by atoms with Crippen LogP contribution in [0.1, 0.15) is 0 Å². The first kappa shape index (κ1) is 12.6. The topological polar surface area (TPSA) is 67.1 Å². The second-order valence-corrected chi connectivity index (χ2v) is 4.85. The zero-order valence-corrected chi connectivity index (χ0v) is 11.8. The van der Waals surface area contributed by atoms with Crippen LogP contribution in [0.4, 0.5) is 23.1 Å². The predicted molar refractivity (Wildman–Crippen MR) is 78.2 cm³/mol. The van der Waals surface area contributed by atoms with Crippen molar-refractivity contribution in [1.82, 2.24) is 9.97 Å². The summed E-state index contributed by atoms with van der Waals surface area (Å²) in [5.74, 6) is 0.894. The van der Waals surface area contributed by atoms with Crippen molar-refractivity contribution in [2.24, 2.45) is 0 Å². The smallest absolute Gasteiger partial charge is 0.222 e. The number of benzene rings is 1. The highest BCUT2D eigenvalue weighted by molar-refractivity contribution is 9.10. The van der Waals surface area contributed by atoms with Crippen molar-refractivity contribution >= 4 is 39.1 Å². The van der Waals surface area contributed by atoms with Gasteiger partial charge in [0.15, 0.2) is 0 Å². The molecular formula is C12H14BrN5. The summed E-state index contributed by atoms with van der Waals surface area (Å²) in [5, 5.41) is 3.18. The van der Waals surface area contributed by atoms with E-state index in [-0.39, 0.29) is 5.95 Å². The number of aromatic nitrogens is 2. The minimum absolute atomic E-state index is 0.241. The lowest BCUT2D eigenvalue weighted by Gasteiger charge is -2.13. The monoisotopic (exact) mass is 307 g/mol. The molecule has 0 amide bonds. The molecule has 0 aliphatic heterocycles. The fourth-order valence-corrected chi connectivity index (χ4v) is 1.74. The Kier molecular flexibility index (Phi) is 3.66. The average molecular weight is 308 g/mol. The molecule has 0 radical (unpaired) electrons. The number of halogens is 1. The Morgan fingerprint density at radius 1 is 1.22 bits per heavy atom. The second-order valence-electron chi connectivity index (χ2n) is 3.99. The van der Waals surface area contributed by atoms with E-state index in [1.54, 1.807) is 6.20 Å². The van der Waals surface area contributed by atoms with Crippen LogP contribution in [0, 0.1) is 0 Å². The molecular weight excluding hydrogens is 294 g/mol. The van der Waals surface area contributed by atoms with Crippen molar-refractivity contribution in [3.8, 4) is 0 Å². The van der Waals surface area contributed by atoms with E-state index in [0.29, 0.717) is 5.82 Å². The maximum Gasteiger partial charge on any atom is 0.222 e. The van der Waals surface area contributed by atoms with Crippen molar-refractivity contribution in [3.05, 3.63) is 34.9 Å². The average Bonchev–Trinajstić information content (AvgIpc) is 2.34. The van der Waals surface area contributed by atoms with E-state index in [0.717, 1.165) is 15.8 Å². The summed E-state index contributed by atoms with van der Waals surface area (Å²) in [5.41, 5.74) is 7.64. The molecule has 3 N–H and O–H groups in total. The van der Waals surface area contributed by atoms with E-state index in [1.165, 1.54) is 0 Å². The van der Waals surface area contributed by atoms with Crippen molar-refractivity contribution in [3.63, 3.8) is 0 Å². The number of nitrogens with one attached hydrogen (secondary N) is 1. The highest BCUT2D eigenvalue weighted by Crippen LogP contribution is 2.24. The van der Waals surface area contributed by atoms with Crippen LogP contribution in [0.2, 0.25) is 0 Å². The standard InChI is InChI=1S/C12H14BrN5/c1-18(2)9-5-3-8(4-6-9)16-11-10(13)7-15-12(14)17-11/h3-7H,1-2H3,(H3,14,15,16,17). The lowest BCUT2D eigenvalue weighted by molar-refractivity contribution is 1.13. The molecule has 2 aromatic rings. The first-order valence-electron chi connectivity index (χ1n) is 5.38. The number of anilines is 4. The van der Waals surface area contributed by atoms with Crippen molar-refractivity contribution in [2.45, 2.75) is 0 Å². The first-order chi connectivity index (χ1) is 8.56. The fraction of sp³-hybridized carbons (Fsp3) is 0.167. The highest BCUT2D eigenvalue weighted by Gasteiger charge is 2.04. The van der Waals surface area contributed by atoms with Crippen molar-refractivity contribution < 1.29 is 0 Å². The molecule has 1 aromatic carbocycles. The van der Waals surface area contributed by atoms with Crippen LogP contribution in [0.5, 0.6) is 0 Å². The molecule has 6 heteroatoms. The lowest BCUT2D eigenvalue weighted by Crippen LogP contribution is -2.08. The number of nitrogen functional groups attached to an aromatic ring is 1. The molecule has 0 aliphatic carbocycles. The zero-order chi connectivity index (χ0) is 13.1. The van der Waals surface area contributed by atoms with Gasteiger partial charge in [-0.2, -0.15) is 4.98 Å². The van der Waals surface area contributed by atoms with Gasteiger partial charge < -0.3 is 16.0 Å². The molecule has 5 nitrogen and oxygen atoms in total. The van der Waals surface area contributed by atoms with E-state index in [9.17, 15) is 0 Å². The largest absolute Gasteiger partial charge is 0.378 e. The number of hydrogen-bond donors (Lipinski definition) is 2. The molecule has 2 rings (SSSR count). The molecule has 1 heterocycles. The van der Waals surface area contributed by atoms with Crippen LogP contribution in [0.3, 0.4) is 0 Å². The molecule has 0 unspecified atom stereocenters. The molecule has 0 spiro atoms. The predicted octanol–water partition coefficient (Wildman–Crippen LogP) is 2.63. The van der Waals surface area contributed by atoms with Gasteiger partial charge in [-0.1, -0.05) is 0 Å². The Bertz CT molecular complexity index is 539. The normalized spacial score (nSPS) is 10.2. The minimum Gasteiger partial charge on any atom is -0.378 e. The van der Waals surface area contributed by atoms with Crippen LogP contribution >= 0.6 is 15.9 Å². The molecule has 0 aliphatic rings. The zero-order valence-electron chi connectivity index (χ0n) is 10.2. The van der Waals surface area contributed by atoms with Crippen LogP contribution in [0.15, 0.2) is 34.9 Å². The number of rotatable bonds is 3. The second kappa shape index (κ2) is 5.22. The van der Waals surface area contributed by atoms with Crippen LogP contribution in [-0.2, 0) is 0 Å². The Labute approximate surface area is 114 Å².